The zero-order valence-electron chi connectivity index (χ0n) is 16.5. The van der Waals surface area contributed by atoms with Crippen LogP contribution in [0.3, 0.4) is 0 Å². The zero-order valence-corrected chi connectivity index (χ0v) is 17.3. The van der Waals surface area contributed by atoms with E-state index in [1.54, 1.807) is 7.11 Å². The van der Waals surface area contributed by atoms with Crippen LogP contribution < -0.4 is 10.1 Å². The minimum Gasteiger partial charge on any atom is -0.496 e. The van der Waals surface area contributed by atoms with Gasteiger partial charge in [-0.2, -0.15) is 0 Å². The van der Waals surface area contributed by atoms with Crippen LogP contribution in [0.15, 0.2) is 18.2 Å². The van der Waals surface area contributed by atoms with E-state index in [2.05, 4.69) is 40.2 Å². The number of carbonyl (C=O) groups is 1. The first-order valence-electron chi connectivity index (χ1n) is 10.0. The highest BCUT2D eigenvalue weighted by Crippen LogP contribution is 2.46. The molecular formula is C21H32ClN3O2. The van der Waals surface area contributed by atoms with Crippen molar-refractivity contribution in [3.63, 3.8) is 0 Å². The molecule has 1 amide bonds. The molecule has 1 aromatic rings. The fourth-order valence-electron chi connectivity index (χ4n) is 4.85. The summed E-state index contributed by atoms with van der Waals surface area (Å²) in [7, 11) is 1.71. The molecule has 1 aromatic carbocycles. The molecule has 150 valence electrons. The van der Waals surface area contributed by atoms with Crippen molar-refractivity contribution in [2.24, 2.45) is 0 Å². The Morgan fingerprint density at radius 3 is 2.59 bits per heavy atom. The number of ether oxygens (including phenoxy) is 1. The smallest absolute Gasteiger partial charge is 0.233 e. The predicted molar refractivity (Wildman–Crippen MR) is 110 cm³/mol. The molecule has 6 heteroatoms. The topological polar surface area (TPSA) is 44.8 Å². The van der Waals surface area contributed by atoms with Crippen LogP contribution in [0.5, 0.6) is 5.75 Å². The molecule has 0 spiro atoms. The molecule has 3 aliphatic rings. The Morgan fingerprint density at radius 2 is 1.96 bits per heavy atom. The van der Waals surface area contributed by atoms with Gasteiger partial charge in [-0.15, -0.1) is 12.4 Å². The van der Waals surface area contributed by atoms with Crippen molar-refractivity contribution >= 4 is 18.3 Å². The molecule has 0 aromatic heterocycles. The van der Waals surface area contributed by atoms with Gasteiger partial charge in [-0.1, -0.05) is 18.6 Å². The largest absolute Gasteiger partial charge is 0.496 e. The third kappa shape index (κ3) is 3.69. The van der Waals surface area contributed by atoms with E-state index < -0.39 is 0 Å². The second-order valence-corrected chi connectivity index (χ2v) is 8.10. The highest BCUT2D eigenvalue weighted by Gasteiger charge is 2.49. The van der Waals surface area contributed by atoms with Crippen molar-refractivity contribution in [2.75, 3.05) is 46.4 Å². The van der Waals surface area contributed by atoms with Gasteiger partial charge in [0.1, 0.15) is 5.75 Å². The van der Waals surface area contributed by atoms with E-state index in [1.165, 1.54) is 0 Å². The average Bonchev–Trinajstić information content (AvgIpc) is 3.13. The number of piperazine rings is 1. The number of hydrogen-bond donors (Lipinski definition) is 1. The minimum absolute atomic E-state index is 0. The summed E-state index contributed by atoms with van der Waals surface area (Å²) in [6, 6.07) is 6.86. The van der Waals surface area contributed by atoms with E-state index in [4.69, 9.17) is 4.74 Å². The molecule has 1 unspecified atom stereocenters. The summed E-state index contributed by atoms with van der Waals surface area (Å²) in [6.07, 6.45) is 4.18. The number of methoxy groups -OCH3 is 1. The molecule has 2 saturated heterocycles. The molecule has 1 saturated carbocycles. The normalized spacial score (nSPS) is 24.8. The molecule has 2 heterocycles. The maximum atomic E-state index is 13.5. The Kier molecular flexibility index (Phi) is 6.34. The Labute approximate surface area is 168 Å². The number of nitrogens with zero attached hydrogens (tertiary/aromatic N) is 2. The molecule has 3 fully saturated rings. The number of amides is 1. The van der Waals surface area contributed by atoms with Crippen molar-refractivity contribution < 1.29 is 9.53 Å². The van der Waals surface area contributed by atoms with E-state index in [1.807, 2.05) is 0 Å². The standard InChI is InChI=1S/C21H31N3O2.ClH/c1-16-4-5-17(14-19(16)26-2)21(7-3-8-21)20(25)24-11-6-18(15-24)23-12-9-22-10-13-23;/h4-5,14,18,22H,3,6-13,15H2,1-2H3;1H. The molecule has 0 bridgehead atoms. The van der Waals surface area contributed by atoms with Crippen molar-refractivity contribution in [3.05, 3.63) is 29.3 Å². The van der Waals surface area contributed by atoms with Gasteiger partial charge in [0, 0.05) is 45.3 Å². The van der Waals surface area contributed by atoms with Gasteiger partial charge in [-0.25, -0.2) is 0 Å². The Balaban J connectivity index is 0.00000210. The number of benzene rings is 1. The van der Waals surface area contributed by atoms with Gasteiger partial charge in [0.05, 0.1) is 12.5 Å². The summed E-state index contributed by atoms with van der Waals surface area (Å²) >= 11 is 0. The number of carbonyl (C=O) groups excluding carboxylic acids is 1. The van der Waals surface area contributed by atoms with Crippen LogP contribution in [-0.4, -0.2) is 68.1 Å². The molecule has 1 aliphatic carbocycles. The van der Waals surface area contributed by atoms with E-state index in [0.717, 1.165) is 81.8 Å². The number of hydrogen-bond acceptors (Lipinski definition) is 4. The summed E-state index contributed by atoms with van der Waals surface area (Å²) in [4.78, 5) is 18.2. The Hall–Kier alpha value is -1.30. The Morgan fingerprint density at radius 1 is 1.22 bits per heavy atom. The SMILES string of the molecule is COc1cc(C2(C(=O)N3CCC(N4CCNCC4)C3)CCC2)ccc1C.Cl. The lowest BCUT2D eigenvalue weighted by Crippen LogP contribution is -2.52. The number of nitrogens with one attached hydrogen (secondary N) is 1. The van der Waals surface area contributed by atoms with E-state index in [9.17, 15) is 4.79 Å². The summed E-state index contributed by atoms with van der Waals surface area (Å²) in [5, 5.41) is 3.42. The number of rotatable bonds is 4. The fraction of sp³-hybridized carbons (Fsp3) is 0.667. The van der Waals surface area contributed by atoms with Crippen LogP contribution in [-0.2, 0) is 10.2 Å². The molecule has 1 atom stereocenters. The first-order valence-corrected chi connectivity index (χ1v) is 10.0. The van der Waals surface area contributed by atoms with Crippen LogP contribution in [0.2, 0.25) is 0 Å². The lowest BCUT2D eigenvalue weighted by molar-refractivity contribution is -0.140. The highest BCUT2D eigenvalue weighted by atomic mass is 35.5. The molecule has 2 aliphatic heterocycles. The molecule has 27 heavy (non-hydrogen) atoms. The first kappa shape index (κ1) is 20.4. The quantitative estimate of drug-likeness (QED) is 0.852. The van der Waals surface area contributed by atoms with Gasteiger partial charge >= 0.3 is 0 Å². The highest BCUT2D eigenvalue weighted by molar-refractivity contribution is 5.89. The van der Waals surface area contributed by atoms with Crippen LogP contribution in [0.4, 0.5) is 0 Å². The summed E-state index contributed by atoms with van der Waals surface area (Å²) in [5.74, 6) is 1.23. The minimum atomic E-state index is -0.320. The van der Waals surface area contributed by atoms with Crippen molar-refractivity contribution in [1.82, 2.24) is 15.1 Å². The average molecular weight is 394 g/mol. The van der Waals surface area contributed by atoms with Crippen molar-refractivity contribution in [2.45, 2.75) is 44.1 Å². The number of likely N-dealkylation sites (tertiary alicyclic amines) is 1. The third-order valence-electron chi connectivity index (χ3n) is 6.70. The summed E-state index contributed by atoms with van der Waals surface area (Å²) < 4.78 is 5.51. The summed E-state index contributed by atoms with van der Waals surface area (Å²) in [5.41, 5.74) is 1.94. The van der Waals surface area contributed by atoms with Gasteiger partial charge in [-0.3, -0.25) is 9.69 Å². The van der Waals surface area contributed by atoms with E-state index in [-0.39, 0.29) is 17.8 Å². The van der Waals surface area contributed by atoms with Crippen molar-refractivity contribution in [3.8, 4) is 5.75 Å². The van der Waals surface area contributed by atoms with E-state index >= 15 is 0 Å². The van der Waals surface area contributed by atoms with Gasteiger partial charge in [0.25, 0.3) is 0 Å². The second-order valence-electron chi connectivity index (χ2n) is 8.10. The third-order valence-corrected chi connectivity index (χ3v) is 6.70. The van der Waals surface area contributed by atoms with Crippen molar-refractivity contribution in [1.29, 1.82) is 0 Å². The summed E-state index contributed by atoms with van der Waals surface area (Å²) in [6.45, 7) is 8.19. The van der Waals surface area contributed by atoms with Gasteiger partial charge in [0.2, 0.25) is 5.91 Å². The molecule has 1 N–H and O–H groups in total. The van der Waals surface area contributed by atoms with Crippen LogP contribution in [0.1, 0.15) is 36.8 Å². The second kappa shape index (κ2) is 8.38. The maximum absolute atomic E-state index is 13.5. The molecule has 4 rings (SSSR count). The zero-order chi connectivity index (χ0) is 18.1. The lowest BCUT2D eigenvalue weighted by atomic mass is 9.63. The maximum Gasteiger partial charge on any atom is 0.233 e. The molecular weight excluding hydrogens is 362 g/mol. The lowest BCUT2D eigenvalue weighted by Gasteiger charge is -2.43. The molecule has 0 radical (unpaired) electrons. The number of halogens is 1. The first-order chi connectivity index (χ1) is 12.6. The van der Waals surface area contributed by atoms with Gasteiger partial charge < -0.3 is 15.0 Å². The monoisotopic (exact) mass is 393 g/mol. The van der Waals surface area contributed by atoms with Crippen LogP contribution in [0.25, 0.3) is 0 Å². The molecule has 5 nitrogen and oxygen atoms in total. The fourth-order valence-corrected chi connectivity index (χ4v) is 4.85. The van der Waals surface area contributed by atoms with Gasteiger partial charge in [-0.05, 0) is 43.4 Å². The van der Waals surface area contributed by atoms with Gasteiger partial charge in [0.15, 0.2) is 0 Å². The Bertz CT molecular complexity index is 671. The van der Waals surface area contributed by atoms with Crippen LogP contribution >= 0.6 is 12.4 Å². The number of aryl methyl sites for hydroxylation is 1. The van der Waals surface area contributed by atoms with E-state index in [0.29, 0.717) is 11.9 Å². The van der Waals surface area contributed by atoms with Crippen LogP contribution in [0, 0.1) is 6.92 Å². The predicted octanol–water partition coefficient (Wildman–Crippen LogP) is 2.35.